The third-order valence-corrected chi connectivity index (χ3v) is 7.32. The van der Waals surface area contributed by atoms with Crippen molar-refractivity contribution in [2.45, 2.75) is 44.1 Å². The molecule has 1 aromatic heterocycles. The van der Waals surface area contributed by atoms with Crippen molar-refractivity contribution in [1.29, 1.82) is 0 Å². The number of nitrogens with zero attached hydrogens (tertiary/aromatic N) is 3. The second kappa shape index (κ2) is 9.94. The van der Waals surface area contributed by atoms with Crippen LogP contribution in [0.25, 0.3) is 0 Å². The van der Waals surface area contributed by atoms with Gasteiger partial charge in [-0.1, -0.05) is 12.1 Å². The van der Waals surface area contributed by atoms with Crippen LogP contribution >= 0.6 is 0 Å². The number of piperidine rings is 1. The van der Waals surface area contributed by atoms with Crippen molar-refractivity contribution in [3.63, 3.8) is 0 Å². The molecule has 1 unspecified atom stereocenters. The summed E-state index contributed by atoms with van der Waals surface area (Å²) in [6.45, 7) is 2.19. The molecule has 1 aliphatic heterocycles. The number of amides is 1. The summed E-state index contributed by atoms with van der Waals surface area (Å²) in [5.74, 6) is 3.14. The minimum atomic E-state index is -0.0683. The predicted octanol–water partition coefficient (Wildman–Crippen LogP) is 4.41. The van der Waals surface area contributed by atoms with Gasteiger partial charge < -0.3 is 18.9 Å². The van der Waals surface area contributed by atoms with Gasteiger partial charge in [-0.05, 0) is 54.3 Å². The summed E-state index contributed by atoms with van der Waals surface area (Å²) < 4.78 is 12.8. The lowest BCUT2D eigenvalue weighted by Crippen LogP contribution is -2.38. The molecule has 0 spiro atoms. The Morgan fingerprint density at radius 1 is 1.03 bits per heavy atom. The first-order chi connectivity index (χ1) is 17.1. The maximum absolute atomic E-state index is 13.1. The van der Waals surface area contributed by atoms with Gasteiger partial charge in [-0.2, -0.15) is 0 Å². The molecule has 1 atom stereocenters. The number of methoxy groups -OCH3 is 2. The van der Waals surface area contributed by atoms with Gasteiger partial charge in [-0.3, -0.25) is 9.59 Å². The molecule has 3 aromatic rings. The van der Waals surface area contributed by atoms with E-state index in [1.54, 1.807) is 14.2 Å². The van der Waals surface area contributed by atoms with Crippen LogP contribution in [-0.2, 0) is 11.3 Å². The van der Waals surface area contributed by atoms with Crippen molar-refractivity contribution in [3.8, 4) is 11.5 Å². The highest BCUT2D eigenvalue weighted by Crippen LogP contribution is 2.38. The quantitative estimate of drug-likeness (QED) is 0.508. The van der Waals surface area contributed by atoms with E-state index in [9.17, 15) is 9.59 Å². The number of aromatic nitrogens is 2. The topological polar surface area (TPSA) is 73.7 Å². The van der Waals surface area contributed by atoms with E-state index in [4.69, 9.17) is 9.47 Å². The number of ketones is 1. The van der Waals surface area contributed by atoms with Crippen molar-refractivity contribution in [2.24, 2.45) is 0 Å². The second-order valence-corrected chi connectivity index (χ2v) is 9.40. The SMILES string of the molecule is COc1ccc(Cn2ccnc2C2CCN(C(=O)CC3CC(=O)c4ccc(OC)cc43)CC2)cc1. The summed E-state index contributed by atoms with van der Waals surface area (Å²) in [7, 11) is 3.29. The molecule has 35 heavy (non-hydrogen) atoms. The summed E-state index contributed by atoms with van der Waals surface area (Å²) in [6, 6.07) is 13.6. The van der Waals surface area contributed by atoms with E-state index in [0.29, 0.717) is 31.8 Å². The number of carbonyl (C=O) groups excluding carboxylic acids is 2. The molecular weight excluding hydrogens is 442 g/mol. The molecule has 0 radical (unpaired) electrons. The number of likely N-dealkylation sites (tertiary alicyclic amines) is 1. The van der Waals surface area contributed by atoms with Gasteiger partial charge in [0.2, 0.25) is 5.91 Å². The molecule has 0 bridgehead atoms. The molecule has 7 nitrogen and oxygen atoms in total. The summed E-state index contributed by atoms with van der Waals surface area (Å²) >= 11 is 0. The van der Waals surface area contributed by atoms with Crippen LogP contribution in [0, 0.1) is 0 Å². The van der Waals surface area contributed by atoms with Gasteiger partial charge >= 0.3 is 0 Å². The van der Waals surface area contributed by atoms with Gasteiger partial charge in [0.25, 0.3) is 0 Å². The highest BCUT2D eigenvalue weighted by Gasteiger charge is 2.33. The molecule has 2 aliphatic rings. The molecule has 0 saturated carbocycles. The smallest absolute Gasteiger partial charge is 0.223 e. The van der Waals surface area contributed by atoms with Gasteiger partial charge in [-0.15, -0.1) is 0 Å². The van der Waals surface area contributed by atoms with E-state index in [-0.39, 0.29) is 17.6 Å². The van der Waals surface area contributed by atoms with Crippen LogP contribution in [0.3, 0.4) is 0 Å². The largest absolute Gasteiger partial charge is 0.497 e. The van der Waals surface area contributed by atoms with E-state index < -0.39 is 0 Å². The van der Waals surface area contributed by atoms with Crippen molar-refractivity contribution >= 4 is 11.7 Å². The van der Waals surface area contributed by atoms with Gasteiger partial charge in [0.05, 0.1) is 14.2 Å². The number of hydrogen-bond acceptors (Lipinski definition) is 5. The Kier molecular flexibility index (Phi) is 6.57. The monoisotopic (exact) mass is 473 g/mol. The molecule has 7 heteroatoms. The van der Waals surface area contributed by atoms with E-state index in [2.05, 4.69) is 21.7 Å². The zero-order valence-electron chi connectivity index (χ0n) is 20.3. The zero-order valence-corrected chi connectivity index (χ0v) is 20.3. The Hall–Kier alpha value is -3.61. The van der Waals surface area contributed by atoms with Crippen LogP contribution in [0.1, 0.15) is 64.8 Å². The third kappa shape index (κ3) is 4.81. The summed E-state index contributed by atoms with van der Waals surface area (Å²) in [5, 5.41) is 0. The van der Waals surface area contributed by atoms with Crippen LogP contribution in [0.15, 0.2) is 54.9 Å². The summed E-state index contributed by atoms with van der Waals surface area (Å²) in [6.07, 6.45) is 6.42. The molecule has 1 amide bonds. The van der Waals surface area contributed by atoms with Gasteiger partial charge in [0.15, 0.2) is 5.78 Å². The number of fused-ring (bicyclic) bond motifs is 1. The van der Waals surface area contributed by atoms with Crippen LogP contribution in [-0.4, -0.2) is 53.5 Å². The first-order valence-corrected chi connectivity index (χ1v) is 12.2. The zero-order chi connectivity index (χ0) is 24.4. The van der Waals surface area contributed by atoms with Crippen LogP contribution < -0.4 is 9.47 Å². The van der Waals surface area contributed by atoms with Crippen molar-refractivity contribution in [1.82, 2.24) is 14.5 Å². The van der Waals surface area contributed by atoms with E-state index in [1.165, 1.54) is 5.56 Å². The van der Waals surface area contributed by atoms with Gasteiger partial charge in [-0.25, -0.2) is 4.98 Å². The highest BCUT2D eigenvalue weighted by molar-refractivity contribution is 6.02. The van der Waals surface area contributed by atoms with E-state index in [0.717, 1.165) is 47.8 Å². The summed E-state index contributed by atoms with van der Waals surface area (Å²) in [4.78, 5) is 32.2. The lowest BCUT2D eigenvalue weighted by atomic mass is 9.93. The molecule has 2 aromatic carbocycles. The Morgan fingerprint density at radius 3 is 2.46 bits per heavy atom. The molecule has 5 rings (SSSR count). The van der Waals surface area contributed by atoms with Crippen molar-refractivity contribution in [2.75, 3.05) is 27.3 Å². The lowest BCUT2D eigenvalue weighted by molar-refractivity contribution is -0.132. The number of imidazole rings is 1. The fraction of sp³-hybridized carbons (Fsp3) is 0.393. The van der Waals surface area contributed by atoms with Crippen LogP contribution in [0.5, 0.6) is 11.5 Å². The number of rotatable bonds is 7. The number of ether oxygens (including phenoxy) is 2. The fourth-order valence-electron chi connectivity index (χ4n) is 5.35. The molecule has 1 fully saturated rings. The second-order valence-electron chi connectivity index (χ2n) is 9.40. The van der Waals surface area contributed by atoms with Gasteiger partial charge in [0.1, 0.15) is 17.3 Å². The number of benzene rings is 2. The Labute approximate surface area is 205 Å². The predicted molar refractivity (Wildman–Crippen MR) is 132 cm³/mol. The Balaban J connectivity index is 1.19. The minimum absolute atomic E-state index is 0.0683. The van der Waals surface area contributed by atoms with Crippen molar-refractivity contribution < 1.29 is 19.1 Å². The maximum atomic E-state index is 13.1. The lowest BCUT2D eigenvalue weighted by Gasteiger charge is -2.32. The standard InChI is InChI=1S/C28H31N3O4/c1-34-22-5-3-19(4-6-22)18-31-14-11-29-28(31)20-9-12-30(13-10-20)27(33)16-21-15-26(32)24-8-7-23(35-2)17-25(21)24/h3-8,11,14,17,20-21H,9-10,12-13,15-16,18H2,1-2H3. The summed E-state index contributed by atoms with van der Waals surface area (Å²) in [5.41, 5.74) is 2.87. The van der Waals surface area contributed by atoms with E-state index in [1.807, 2.05) is 47.6 Å². The molecule has 0 N–H and O–H groups in total. The minimum Gasteiger partial charge on any atom is -0.497 e. The van der Waals surface area contributed by atoms with Gasteiger partial charge in [0, 0.05) is 62.3 Å². The Bertz CT molecular complexity index is 1210. The normalized spacial score (nSPS) is 17.9. The molecular formula is C28H31N3O4. The molecule has 2 heterocycles. The van der Waals surface area contributed by atoms with Crippen LogP contribution in [0.2, 0.25) is 0 Å². The molecule has 1 aliphatic carbocycles. The first-order valence-electron chi connectivity index (χ1n) is 12.2. The first kappa shape index (κ1) is 23.1. The molecule has 1 saturated heterocycles. The number of carbonyl (C=O) groups is 2. The maximum Gasteiger partial charge on any atom is 0.223 e. The number of Topliss-reactive ketones (excluding diaryl/α,β-unsaturated/α-hetero) is 1. The van der Waals surface area contributed by atoms with Crippen molar-refractivity contribution in [3.05, 3.63) is 77.4 Å². The highest BCUT2D eigenvalue weighted by atomic mass is 16.5. The fourth-order valence-corrected chi connectivity index (χ4v) is 5.35. The average Bonchev–Trinajstić information content (AvgIpc) is 3.48. The molecule has 182 valence electrons. The average molecular weight is 474 g/mol. The van der Waals surface area contributed by atoms with Crippen LogP contribution in [0.4, 0.5) is 0 Å². The Morgan fingerprint density at radius 2 is 1.74 bits per heavy atom. The van der Waals surface area contributed by atoms with E-state index >= 15 is 0 Å². The third-order valence-electron chi connectivity index (χ3n) is 7.32. The number of hydrogen-bond donors (Lipinski definition) is 0.